The smallest absolute Gasteiger partial charge is 0.407 e. The van der Waals surface area contributed by atoms with Crippen LogP contribution in [-0.4, -0.2) is 48.0 Å². The molecule has 1 aromatic rings. The van der Waals surface area contributed by atoms with Crippen LogP contribution in [0.4, 0.5) is 4.79 Å². The van der Waals surface area contributed by atoms with Crippen LogP contribution >= 0.6 is 0 Å². The molecule has 0 aliphatic carbocycles. The van der Waals surface area contributed by atoms with Gasteiger partial charge in [0.2, 0.25) is 0 Å². The Morgan fingerprint density at radius 3 is 2.58 bits per heavy atom. The van der Waals surface area contributed by atoms with Gasteiger partial charge < -0.3 is 19.7 Å². The van der Waals surface area contributed by atoms with E-state index < -0.39 is 17.7 Å². The fourth-order valence-corrected chi connectivity index (χ4v) is 2.37. The second kappa shape index (κ2) is 4.62. The predicted molar refractivity (Wildman–Crippen MR) is 67.6 cm³/mol. The lowest BCUT2D eigenvalue weighted by Gasteiger charge is -2.51. The van der Waals surface area contributed by atoms with Gasteiger partial charge in [-0.25, -0.2) is 4.79 Å². The molecule has 1 saturated heterocycles. The van der Waals surface area contributed by atoms with Gasteiger partial charge in [-0.15, -0.1) is 0 Å². The summed E-state index contributed by atoms with van der Waals surface area (Å²) in [5, 5.41) is 19.6. The summed E-state index contributed by atoms with van der Waals surface area (Å²) in [6.07, 6.45) is -1.04. The summed E-state index contributed by atoms with van der Waals surface area (Å²) in [5.41, 5.74) is -0.711. The van der Waals surface area contributed by atoms with Crippen molar-refractivity contribution in [3.8, 4) is 11.5 Å². The quantitative estimate of drug-likeness (QED) is 0.862. The largest absolute Gasteiger partial charge is 0.497 e. The number of likely N-dealkylation sites (tertiary alicyclic amines) is 1. The number of hydrogen-bond acceptors (Lipinski definition) is 4. The summed E-state index contributed by atoms with van der Waals surface area (Å²) >= 11 is 0. The Labute approximate surface area is 111 Å². The van der Waals surface area contributed by atoms with Gasteiger partial charge in [-0.2, -0.15) is 0 Å². The van der Waals surface area contributed by atoms with E-state index in [0.717, 1.165) is 0 Å². The summed E-state index contributed by atoms with van der Waals surface area (Å²) in [6, 6.07) is 4.56. The Bertz CT molecular complexity index is 504. The monoisotopic (exact) mass is 267 g/mol. The predicted octanol–water partition coefficient (Wildman–Crippen LogP) is 1.27. The molecule has 2 unspecified atom stereocenters. The molecule has 6 heteroatoms. The number of rotatable bonds is 3. The molecule has 1 amide bonds. The van der Waals surface area contributed by atoms with Crippen LogP contribution in [0.2, 0.25) is 0 Å². The van der Waals surface area contributed by atoms with Crippen LogP contribution in [0.5, 0.6) is 11.5 Å². The van der Waals surface area contributed by atoms with Crippen LogP contribution in [0.3, 0.4) is 0 Å². The van der Waals surface area contributed by atoms with Crippen molar-refractivity contribution in [2.24, 2.45) is 0 Å². The topological polar surface area (TPSA) is 79.2 Å². The van der Waals surface area contributed by atoms with Crippen LogP contribution in [0, 0.1) is 0 Å². The minimum atomic E-state index is -1.25. The second-order valence-corrected chi connectivity index (χ2v) is 4.58. The van der Waals surface area contributed by atoms with Gasteiger partial charge in [-0.05, 0) is 25.1 Å². The lowest BCUT2D eigenvalue weighted by Crippen LogP contribution is -2.67. The highest BCUT2D eigenvalue weighted by atomic mass is 16.5. The molecule has 0 aromatic heterocycles. The van der Waals surface area contributed by atoms with Crippen LogP contribution in [0.15, 0.2) is 18.2 Å². The standard InChI is InChI=1S/C13H17NO5/c1-8-13(17,7-14(8)12(15)16)10-6-9(18-2)4-5-11(10)19-3/h4-6,8,17H,7H2,1-3H3,(H,15,16). The average molecular weight is 267 g/mol. The fourth-order valence-electron chi connectivity index (χ4n) is 2.37. The van der Waals surface area contributed by atoms with Crippen LogP contribution < -0.4 is 9.47 Å². The molecule has 1 heterocycles. The van der Waals surface area contributed by atoms with Gasteiger partial charge in [-0.1, -0.05) is 0 Å². The minimum absolute atomic E-state index is 0.0209. The summed E-state index contributed by atoms with van der Waals surface area (Å²) in [5.74, 6) is 1.10. The molecule has 0 saturated carbocycles. The Balaban J connectivity index is 2.39. The van der Waals surface area contributed by atoms with Gasteiger partial charge in [0, 0.05) is 5.56 Å². The summed E-state index contributed by atoms with van der Waals surface area (Å²) in [6.45, 7) is 1.68. The molecule has 19 heavy (non-hydrogen) atoms. The number of nitrogens with zero attached hydrogens (tertiary/aromatic N) is 1. The first-order valence-corrected chi connectivity index (χ1v) is 5.88. The Hall–Kier alpha value is -1.95. The Kier molecular flexibility index (Phi) is 3.28. The third-order valence-electron chi connectivity index (χ3n) is 3.69. The van der Waals surface area contributed by atoms with Gasteiger partial charge in [-0.3, -0.25) is 4.90 Å². The minimum Gasteiger partial charge on any atom is -0.497 e. The first-order chi connectivity index (χ1) is 8.93. The van der Waals surface area contributed by atoms with E-state index in [1.165, 1.54) is 19.1 Å². The van der Waals surface area contributed by atoms with E-state index in [2.05, 4.69) is 0 Å². The van der Waals surface area contributed by atoms with E-state index in [-0.39, 0.29) is 6.54 Å². The Morgan fingerprint density at radius 1 is 1.42 bits per heavy atom. The zero-order valence-electron chi connectivity index (χ0n) is 11.1. The fraction of sp³-hybridized carbons (Fsp3) is 0.462. The summed E-state index contributed by atoms with van der Waals surface area (Å²) < 4.78 is 10.4. The molecule has 2 N–H and O–H groups in total. The average Bonchev–Trinajstić information content (AvgIpc) is 2.42. The van der Waals surface area contributed by atoms with Gasteiger partial charge in [0.05, 0.1) is 26.8 Å². The number of hydrogen-bond donors (Lipinski definition) is 2. The van der Waals surface area contributed by atoms with Crippen LogP contribution in [0.1, 0.15) is 12.5 Å². The molecule has 1 aliphatic rings. The molecule has 0 radical (unpaired) electrons. The van der Waals surface area contributed by atoms with Gasteiger partial charge >= 0.3 is 6.09 Å². The zero-order valence-corrected chi connectivity index (χ0v) is 11.1. The summed E-state index contributed by atoms with van der Waals surface area (Å²) in [7, 11) is 3.04. The van der Waals surface area contributed by atoms with Crippen molar-refractivity contribution in [3.05, 3.63) is 23.8 Å². The lowest BCUT2D eigenvalue weighted by atomic mass is 9.78. The molecule has 0 spiro atoms. The van der Waals surface area contributed by atoms with Crippen molar-refractivity contribution in [3.63, 3.8) is 0 Å². The van der Waals surface area contributed by atoms with Gasteiger partial charge in [0.25, 0.3) is 0 Å². The van der Waals surface area contributed by atoms with E-state index >= 15 is 0 Å². The van der Waals surface area contributed by atoms with Gasteiger partial charge in [0.1, 0.15) is 17.1 Å². The highest BCUT2D eigenvalue weighted by Crippen LogP contribution is 2.43. The maximum absolute atomic E-state index is 10.9. The molecule has 2 atom stereocenters. The molecule has 1 aliphatic heterocycles. The maximum atomic E-state index is 10.9. The van der Waals surface area contributed by atoms with Crippen LogP contribution in [0.25, 0.3) is 0 Å². The first-order valence-electron chi connectivity index (χ1n) is 5.88. The van der Waals surface area contributed by atoms with E-state index in [1.54, 1.807) is 25.1 Å². The molecule has 104 valence electrons. The number of ether oxygens (including phenoxy) is 2. The van der Waals surface area contributed by atoms with E-state index in [4.69, 9.17) is 14.6 Å². The lowest BCUT2D eigenvalue weighted by molar-refractivity contribution is -0.136. The molecule has 2 rings (SSSR count). The van der Waals surface area contributed by atoms with Crippen LogP contribution in [-0.2, 0) is 5.60 Å². The molecular formula is C13H17NO5. The number of amides is 1. The zero-order chi connectivity index (χ0) is 14.2. The normalized spacial score (nSPS) is 25.7. The van der Waals surface area contributed by atoms with Crippen molar-refractivity contribution in [2.75, 3.05) is 20.8 Å². The molecular weight excluding hydrogens is 250 g/mol. The molecule has 1 fully saturated rings. The highest BCUT2D eigenvalue weighted by Gasteiger charge is 2.53. The molecule has 1 aromatic carbocycles. The maximum Gasteiger partial charge on any atom is 0.407 e. The number of carboxylic acid groups (broad SMARTS) is 1. The van der Waals surface area contributed by atoms with Gasteiger partial charge in [0.15, 0.2) is 0 Å². The van der Waals surface area contributed by atoms with Crippen molar-refractivity contribution >= 4 is 6.09 Å². The van der Waals surface area contributed by atoms with E-state index in [1.807, 2.05) is 0 Å². The van der Waals surface area contributed by atoms with Crippen molar-refractivity contribution in [1.82, 2.24) is 4.90 Å². The second-order valence-electron chi connectivity index (χ2n) is 4.58. The molecule has 0 bridgehead atoms. The highest BCUT2D eigenvalue weighted by molar-refractivity contribution is 5.68. The van der Waals surface area contributed by atoms with Crippen molar-refractivity contribution in [2.45, 2.75) is 18.6 Å². The van der Waals surface area contributed by atoms with E-state index in [9.17, 15) is 9.90 Å². The first kappa shape index (κ1) is 13.5. The SMILES string of the molecule is COc1ccc(OC)c(C2(O)CN(C(=O)O)C2C)c1. The number of β-amino-alcohol motifs (C(OH)–C–C–N with tert-alkyl or cyclic N) is 1. The number of aliphatic hydroxyl groups is 1. The third kappa shape index (κ3) is 1.98. The van der Waals surface area contributed by atoms with E-state index in [0.29, 0.717) is 17.1 Å². The Morgan fingerprint density at radius 2 is 2.11 bits per heavy atom. The number of carbonyl (C=O) groups is 1. The third-order valence-corrected chi connectivity index (χ3v) is 3.69. The molecule has 6 nitrogen and oxygen atoms in total. The van der Waals surface area contributed by atoms with Crippen molar-refractivity contribution in [1.29, 1.82) is 0 Å². The van der Waals surface area contributed by atoms with Crippen molar-refractivity contribution < 1.29 is 24.5 Å². The number of methoxy groups -OCH3 is 2. The number of benzene rings is 1. The summed E-state index contributed by atoms with van der Waals surface area (Å²) in [4.78, 5) is 12.1.